The van der Waals surface area contributed by atoms with Crippen molar-refractivity contribution in [2.75, 3.05) is 39.3 Å². The minimum atomic E-state index is -3.72. The maximum atomic E-state index is 13.8. The molecule has 2 aliphatic heterocycles. The molecule has 2 fully saturated rings. The maximum absolute atomic E-state index is 13.8. The second-order valence-corrected chi connectivity index (χ2v) is 14.9. The number of rotatable bonds is 7. The zero-order valence-corrected chi connectivity index (χ0v) is 28.9. The lowest BCUT2D eigenvalue weighted by Crippen LogP contribution is -2.50. The number of aromatic nitrogens is 3. The van der Waals surface area contributed by atoms with Crippen molar-refractivity contribution in [1.82, 2.24) is 29.1 Å². The highest BCUT2D eigenvalue weighted by molar-refractivity contribution is 7.89. The van der Waals surface area contributed by atoms with Gasteiger partial charge in [-0.1, -0.05) is 31.2 Å². The van der Waals surface area contributed by atoms with Crippen LogP contribution < -0.4 is 0 Å². The third kappa shape index (κ3) is 6.66. The molecule has 0 bridgehead atoms. The molecule has 2 aromatic carbocycles. The standard InChI is InChI=1S/C35H46N6O4S/c1-23(2)11-12-31-22-41(37-36-31)32-13-15-38(16-14-32)34(42)29-9-8-10-30(21-29)35(43)39-17-19-40(20-18-39)46(44,45)33-27(6)25(4)24(3)26(5)28(33)7/h8-12,21-23,32H,13-20H2,1-7H3/b12-11+. The predicted octanol–water partition coefficient (Wildman–Crippen LogP) is 5.11. The highest BCUT2D eigenvalue weighted by Gasteiger charge is 2.34. The first-order valence-electron chi connectivity index (χ1n) is 16.1. The Labute approximate surface area is 273 Å². The molecular weight excluding hydrogens is 600 g/mol. The van der Waals surface area contributed by atoms with Crippen molar-refractivity contribution in [2.45, 2.75) is 72.2 Å². The van der Waals surface area contributed by atoms with E-state index in [1.54, 1.807) is 29.2 Å². The van der Waals surface area contributed by atoms with Crippen molar-refractivity contribution in [3.8, 4) is 0 Å². The van der Waals surface area contributed by atoms with Crippen molar-refractivity contribution < 1.29 is 18.0 Å². The van der Waals surface area contributed by atoms with Gasteiger partial charge in [0.1, 0.15) is 5.69 Å². The zero-order chi connectivity index (χ0) is 33.3. The predicted molar refractivity (Wildman–Crippen MR) is 179 cm³/mol. The fourth-order valence-corrected chi connectivity index (χ4v) is 8.42. The summed E-state index contributed by atoms with van der Waals surface area (Å²) < 4.78 is 31.0. The Bertz CT molecular complexity index is 1730. The van der Waals surface area contributed by atoms with Crippen LogP contribution in [0.2, 0.25) is 0 Å². The number of sulfonamides is 1. The Morgan fingerprint density at radius 2 is 1.33 bits per heavy atom. The van der Waals surface area contributed by atoms with Gasteiger partial charge in [-0.3, -0.25) is 9.59 Å². The summed E-state index contributed by atoms with van der Waals surface area (Å²) in [7, 11) is -3.72. The average molecular weight is 647 g/mol. The third-order valence-corrected chi connectivity index (χ3v) is 11.9. The molecule has 5 rings (SSSR count). The lowest BCUT2D eigenvalue weighted by atomic mass is 9.95. The summed E-state index contributed by atoms with van der Waals surface area (Å²) in [5, 5.41) is 8.56. The number of allylic oxidation sites excluding steroid dienone is 1. The van der Waals surface area contributed by atoms with E-state index in [2.05, 4.69) is 30.2 Å². The molecule has 0 spiro atoms. The molecule has 0 N–H and O–H groups in total. The van der Waals surface area contributed by atoms with E-state index in [-0.39, 0.29) is 44.0 Å². The molecule has 2 amide bonds. The monoisotopic (exact) mass is 646 g/mol. The van der Waals surface area contributed by atoms with E-state index in [1.165, 1.54) is 4.31 Å². The molecule has 3 heterocycles. The minimum Gasteiger partial charge on any atom is -0.338 e. The fourth-order valence-electron chi connectivity index (χ4n) is 6.43. The Hall–Kier alpha value is -3.83. The van der Waals surface area contributed by atoms with Gasteiger partial charge in [0.05, 0.1) is 17.1 Å². The zero-order valence-electron chi connectivity index (χ0n) is 28.1. The number of piperazine rings is 1. The van der Waals surface area contributed by atoms with Crippen LogP contribution in [0.5, 0.6) is 0 Å². The molecule has 0 aliphatic carbocycles. The van der Waals surface area contributed by atoms with Gasteiger partial charge in [-0.25, -0.2) is 13.1 Å². The molecule has 1 aromatic heterocycles. The molecule has 2 aliphatic rings. The van der Waals surface area contributed by atoms with Crippen molar-refractivity contribution in [3.05, 3.63) is 81.2 Å². The normalized spacial score (nSPS) is 17.0. The van der Waals surface area contributed by atoms with E-state index in [1.807, 2.05) is 56.5 Å². The Balaban J connectivity index is 1.20. The highest BCUT2D eigenvalue weighted by Crippen LogP contribution is 2.32. The fraction of sp³-hybridized carbons (Fsp3) is 0.486. The van der Waals surface area contributed by atoms with Gasteiger partial charge in [-0.15, -0.1) is 5.10 Å². The van der Waals surface area contributed by atoms with Crippen LogP contribution in [0, 0.1) is 40.5 Å². The van der Waals surface area contributed by atoms with Gasteiger partial charge in [0.25, 0.3) is 11.8 Å². The summed E-state index contributed by atoms with van der Waals surface area (Å²) in [5.74, 6) is 0.139. The first kappa shape index (κ1) is 33.5. The quantitative estimate of drug-likeness (QED) is 0.353. The van der Waals surface area contributed by atoms with Crippen LogP contribution in [0.15, 0.2) is 41.4 Å². The van der Waals surface area contributed by atoms with Crippen LogP contribution in [0.1, 0.15) is 87.0 Å². The number of carbonyl (C=O) groups is 2. The first-order chi connectivity index (χ1) is 21.8. The number of amides is 2. The number of hydrogen-bond acceptors (Lipinski definition) is 6. The van der Waals surface area contributed by atoms with E-state index < -0.39 is 10.0 Å². The van der Waals surface area contributed by atoms with Crippen molar-refractivity contribution in [2.24, 2.45) is 5.92 Å². The van der Waals surface area contributed by atoms with Crippen molar-refractivity contribution in [1.29, 1.82) is 0 Å². The summed E-state index contributed by atoms with van der Waals surface area (Å²) in [6.07, 6.45) is 7.58. The highest BCUT2D eigenvalue weighted by atomic mass is 32.2. The first-order valence-corrected chi connectivity index (χ1v) is 17.6. The summed E-state index contributed by atoms with van der Waals surface area (Å²) in [6.45, 7) is 16.1. The number of carbonyl (C=O) groups excluding carboxylic acids is 2. The van der Waals surface area contributed by atoms with Gasteiger partial charge in [0, 0.05) is 50.4 Å². The molecule has 2 saturated heterocycles. The van der Waals surface area contributed by atoms with Crippen LogP contribution in [0.3, 0.4) is 0 Å². The number of likely N-dealkylation sites (tertiary alicyclic amines) is 1. The van der Waals surface area contributed by atoms with Gasteiger partial charge >= 0.3 is 0 Å². The van der Waals surface area contributed by atoms with Crippen molar-refractivity contribution >= 4 is 27.9 Å². The summed E-state index contributed by atoms with van der Waals surface area (Å²) in [6, 6.07) is 7.05. The second kappa shape index (κ2) is 13.5. The average Bonchev–Trinajstić information content (AvgIpc) is 3.54. The van der Waals surface area contributed by atoms with Gasteiger partial charge in [-0.2, -0.15) is 4.31 Å². The Kier molecular flexibility index (Phi) is 9.83. The van der Waals surface area contributed by atoms with E-state index in [0.717, 1.165) is 46.4 Å². The molecule has 11 heteroatoms. The van der Waals surface area contributed by atoms with Crippen LogP contribution in [-0.4, -0.2) is 88.6 Å². The Morgan fingerprint density at radius 1 is 0.804 bits per heavy atom. The number of piperidine rings is 1. The number of hydrogen-bond donors (Lipinski definition) is 0. The lowest BCUT2D eigenvalue weighted by molar-refractivity contribution is 0.0688. The van der Waals surface area contributed by atoms with Gasteiger partial charge < -0.3 is 9.80 Å². The molecular formula is C35H46N6O4S. The van der Waals surface area contributed by atoms with E-state index in [0.29, 0.717) is 35.0 Å². The lowest BCUT2D eigenvalue weighted by Gasteiger charge is -2.35. The Morgan fingerprint density at radius 3 is 1.87 bits per heavy atom. The van der Waals surface area contributed by atoms with Crippen LogP contribution in [0.25, 0.3) is 6.08 Å². The van der Waals surface area contributed by atoms with E-state index in [4.69, 9.17) is 0 Å². The largest absolute Gasteiger partial charge is 0.338 e. The topological polar surface area (TPSA) is 109 Å². The molecule has 0 unspecified atom stereocenters. The smallest absolute Gasteiger partial charge is 0.253 e. The molecule has 0 saturated carbocycles. The second-order valence-electron chi connectivity index (χ2n) is 13.0. The van der Waals surface area contributed by atoms with Crippen LogP contribution in [-0.2, 0) is 10.0 Å². The van der Waals surface area contributed by atoms with Crippen LogP contribution in [0.4, 0.5) is 0 Å². The molecule has 10 nitrogen and oxygen atoms in total. The van der Waals surface area contributed by atoms with Gasteiger partial charge in [-0.05, 0) is 105 Å². The summed E-state index contributed by atoms with van der Waals surface area (Å²) in [5.41, 5.74) is 6.41. The molecule has 0 radical (unpaired) electrons. The molecule has 0 atom stereocenters. The van der Waals surface area contributed by atoms with Crippen LogP contribution >= 0.6 is 0 Å². The summed E-state index contributed by atoms with van der Waals surface area (Å²) >= 11 is 0. The van der Waals surface area contributed by atoms with Gasteiger partial charge in [0.15, 0.2) is 0 Å². The summed E-state index contributed by atoms with van der Waals surface area (Å²) in [4.78, 5) is 30.8. The SMILES string of the molecule is Cc1c(C)c(C)c(S(=O)(=O)N2CCN(C(=O)c3cccc(C(=O)N4CCC(n5cc(/C=C/C(C)C)nn5)CC4)c3)CC2)c(C)c1C. The van der Waals surface area contributed by atoms with Crippen molar-refractivity contribution in [3.63, 3.8) is 0 Å². The molecule has 46 heavy (non-hydrogen) atoms. The third-order valence-electron chi connectivity index (χ3n) is 9.72. The van der Waals surface area contributed by atoms with E-state index in [9.17, 15) is 18.0 Å². The molecule has 3 aromatic rings. The minimum absolute atomic E-state index is 0.0995. The maximum Gasteiger partial charge on any atom is 0.253 e. The van der Waals surface area contributed by atoms with E-state index >= 15 is 0 Å². The molecule has 246 valence electrons. The number of benzene rings is 2. The number of nitrogens with zero attached hydrogens (tertiary/aromatic N) is 6. The van der Waals surface area contributed by atoms with Gasteiger partial charge in [0.2, 0.25) is 10.0 Å².